The van der Waals surface area contributed by atoms with Gasteiger partial charge in [-0.1, -0.05) is 34.1 Å². The average molecular weight is 348 g/mol. The molecule has 1 aromatic heterocycles. The van der Waals surface area contributed by atoms with E-state index in [4.69, 9.17) is 11.6 Å². The van der Waals surface area contributed by atoms with E-state index in [0.29, 0.717) is 6.54 Å². The zero-order valence-electron chi connectivity index (χ0n) is 11.6. The molecule has 19 heavy (non-hydrogen) atoms. The number of halogens is 2. The Morgan fingerprint density at radius 1 is 1.63 bits per heavy atom. The van der Waals surface area contributed by atoms with Crippen LogP contribution in [0.15, 0.2) is 28.3 Å². The Morgan fingerprint density at radius 2 is 2.32 bits per heavy atom. The number of aliphatic imine (C=N–C) groups is 1. The van der Waals surface area contributed by atoms with Gasteiger partial charge in [-0.15, -0.1) is 0 Å². The van der Waals surface area contributed by atoms with Crippen LogP contribution in [-0.2, 0) is 13.6 Å². The first-order chi connectivity index (χ1) is 8.93. The fraction of sp³-hybridized carbons (Fsp3) is 0.462. The Labute approximate surface area is 128 Å². The van der Waals surface area contributed by atoms with E-state index < -0.39 is 0 Å². The fourth-order valence-corrected chi connectivity index (χ4v) is 2.07. The Morgan fingerprint density at radius 3 is 2.79 bits per heavy atom. The lowest BCUT2D eigenvalue weighted by Gasteiger charge is -2.22. The van der Waals surface area contributed by atoms with Crippen LogP contribution in [0.3, 0.4) is 0 Å². The molecule has 0 bridgehead atoms. The van der Waals surface area contributed by atoms with Crippen molar-refractivity contribution in [2.45, 2.75) is 13.5 Å². The van der Waals surface area contributed by atoms with Gasteiger partial charge in [0.1, 0.15) is 0 Å². The predicted molar refractivity (Wildman–Crippen MR) is 85.9 cm³/mol. The van der Waals surface area contributed by atoms with Gasteiger partial charge < -0.3 is 14.8 Å². The Balaban J connectivity index is 2.76. The SMILES string of the molecule is C=C(Br)CN=C(NCC)N(C)Cc1cc(Cl)cn1C. The quantitative estimate of drug-likeness (QED) is 0.656. The summed E-state index contributed by atoms with van der Waals surface area (Å²) in [6, 6.07) is 1.96. The normalized spacial score (nSPS) is 11.5. The van der Waals surface area contributed by atoms with E-state index in [1.54, 1.807) is 0 Å². The van der Waals surface area contributed by atoms with Crippen LogP contribution in [0.25, 0.3) is 0 Å². The summed E-state index contributed by atoms with van der Waals surface area (Å²) in [6.07, 6.45) is 1.90. The third-order valence-corrected chi connectivity index (χ3v) is 3.03. The van der Waals surface area contributed by atoms with Gasteiger partial charge in [-0.25, -0.2) is 4.99 Å². The van der Waals surface area contributed by atoms with Crippen LogP contribution in [0.4, 0.5) is 0 Å². The second kappa shape index (κ2) is 7.60. The fourth-order valence-electron chi connectivity index (χ4n) is 1.67. The van der Waals surface area contributed by atoms with Crippen LogP contribution in [0.2, 0.25) is 5.02 Å². The van der Waals surface area contributed by atoms with Crippen LogP contribution < -0.4 is 5.32 Å². The molecule has 0 saturated heterocycles. The predicted octanol–water partition coefficient (Wildman–Crippen LogP) is 2.98. The summed E-state index contributed by atoms with van der Waals surface area (Å²) in [5.41, 5.74) is 1.13. The van der Waals surface area contributed by atoms with Gasteiger partial charge in [0.05, 0.1) is 18.1 Å². The number of hydrogen-bond donors (Lipinski definition) is 1. The molecule has 0 spiro atoms. The molecule has 1 heterocycles. The van der Waals surface area contributed by atoms with Gasteiger partial charge in [0.25, 0.3) is 0 Å². The minimum Gasteiger partial charge on any atom is -0.357 e. The van der Waals surface area contributed by atoms with E-state index in [-0.39, 0.29) is 0 Å². The van der Waals surface area contributed by atoms with Crippen molar-refractivity contribution in [3.05, 3.63) is 34.0 Å². The lowest BCUT2D eigenvalue weighted by Crippen LogP contribution is -2.38. The number of aromatic nitrogens is 1. The Bertz CT molecular complexity index is 467. The third-order valence-electron chi connectivity index (χ3n) is 2.57. The molecule has 1 N–H and O–H groups in total. The molecule has 0 radical (unpaired) electrons. The second-order valence-corrected chi connectivity index (χ2v) is 5.86. The monoisotopic (exact) mass is 346 g/mol. The molecule has 106 valence electrons. The molecule has 0 atom stereocenters. The first kappa shape index (κ1) is 16.1. The molecule has 0 aromatic carbocycles. The Hall–Kier alpha value is -0.940. The number of aryl methyl sites for hydroxylation is 1. The summed E-state index contributed by atoms with van der Waals surface area (Å²) >= 11 is 9.31. The van der Waals surface area contributed by atoms with Crippen molar-refractivity contribution in [1.29, 1.82) is 0 Å². The van der Waals surface area contributed by atoms with Gasteiger partial charge in [-0.3, -0.25) is 0 Å². The number of guanidine groups is 1. The summed E-state index contributed by atoms with van der Waals surface area (Å²) in [6.45, 7) is 7.96. The first-order valence-electron chi connectivity index (χ1n) is 6.07. The van der Waals surface area contributed by atoms with E-state index in [9.17, 15) is 0 Å². The van der Waals surface area contributed by atoms with Crippen LogP contribution in [0, 0.1) is 0 Å². The highest BCUT2D eigenvalue weighted by molar-refractivity contribution is 9.11. The first-order valence-corrected chi connectivity index (χ1v) is 7.24. The Kier molecular flexibility index (Phi) is 6.45. The molecule has 0 unspecified atom stereocenters. The molecular formula is C13H20BrClN4. The lowest BCUT2D eigenvalue weighted by molar-refractivity contribution is 0.463. The van der Waals surface area contributed by atoms with Crippen LogP contribution >= 0.6 is 27.5 Å². The molecule has 0 fully saturated rings. The number of hydrogen-bond acceptors (Lipinski definition) is 1. The van der Waals surface area contributed by atoms with E-state index >= 15 is 0 Å². The standard InChI is InChI=1S/C13H20BrClN4/c1-5-16-13(17-7-10(2)14)19(4)9-12-6-11(15)8-18(12)3/h6,8H,2,5,7,9H2,1,3-4H3,(H,16,17). The zero-order valence-corrected chi connectivity index (χ0v) is 13.9. The smallest absolute Gasteiger partial charge is 0.194 e. The highest BCUT2D eigenvalue weighted by Gasteiger charge is 2.09. The molecule has 1 rings (SSSR count). The van der Waals surface area contributed by atoms with E-state index in [2.05, 4.69) is 37.7 Å². The van der Waals surface area contributed by atoms with Gasteiger partial charge in [-0.2, -0.15) is 0 Å². The summed E-state index contributed by atoms with van der Waals surface area (Å²) in [7, 11) is 3.98. The van der Waals surface area contributed by atoms with Gasteiger partial charge in [-0.05, 0) is 13.0 Å². The average Bonchev–Trinajstić information content (AvgIpc) is 2.62. The maximum Gasteiger partial charge on any atom is 0.194 e. The zero-order chi connectivity index (χ0) is 14.4. The largest absolute Gasteiger partial charge is 0.357 e. The highest BCUT2D eigenvalue weighted by atomic mass is 79.9. The van der Waals surface area contributed by atoms with Gasteiger partial charge in [0.15, 0.2) is 5.96 Å². The van der Waals surface area contributed by atoms with Gasteiger partial charge >= 0.3 is 0 Å². The van der Waals surface area contributed by atoms with Crippen molar-refractivity contribution < 1.29 is 0 Å². The van der Waals surface area contributed by atoms with Crippen LogP contribution in [-0.4, -0.2) is 35.6 Å². The molecule has 0 aliphatic rings. The maximum atomic E-state index is 5.99. The van der Waals surface area contributed by atoms with Crippen molar-refractivity contribution in [3.63, 3.8) is 0 Å². The van der Waals surface area contributed by atoms with Gasteiger partial charge in [0.2, 0.25) is 0 Å². The molecular weight excluding hydrogens is 328 g/mol. The number of nitrogens with zero attached hydrogens (tertiary/aromatic N) is 3. The summed E-state index contributed by atoms with van der Waals surface area (Å²) in [4.78, 5) is 6.55. The van der Waals surface area contributed by atoms with Crippen molar-refractivity contribution >= 4 is 33.5 Å². The van der Waals surface area contributed by atoms with E-state index in [1.165, 1.54) is 0 Å². The van der Waals surface area contributed by atoms with Crippen molar-refractivity contribution in [2.75, 3.05) is 20.1 Å². The van der Waals surface area contributed by atoms with Gasteiger partial charge in [0, 0.05) is 37.0 Å². The number of rotatable bonds is 5. The van der Waals surface area contributed by atoms with E-state index in [0.717, 1.165) is 34.2 Å². The number of nitrogens with one attached hydrogen (secondary N) is 1. The minimum absolute atomic E-state index is 0.556. The van der Waals surface area contributed by atoms with Crippen LogP contribution in [0.5, 0.6) is 0 Å². The maximum absolute atomic E-state index is 5.99. The second-order valence-electron chi connectivity index (χ2n) is 4.30. The molecule has 4 nitrogen and oxygen atoms in total. The van der Waals surface area contributed by atoms with E-state index in [1.807, 2.05) is 37.8 Å². The summed E-state index contributed by atoms with van der Waals surface area (Å²) in [5.74, 6) is 0.848. The molecule has 0 aliphatic heterocycles. The molecule has 0 amide bonds. The molecule has 1 aromatic rings. The van der Waals surface area contributed by atoms with Crippen molar-refractivity contribution in [1.82, 2.24) is 14.8 Å². The third kappa shape index (κ3) is 5.28. The van der Waals surface area contributed by atoms with Crippen molar-refractivity contribution in [2.24, 2.45) is 12.0 Å². The molecule has 6 heteroatoms. The van der Waals surface area contributed by atoms with Crippen molar-refractivity contribution in [3.8, 4) is 0 Å². The van der Waals surface area contributed by atoms with Crippen LogP contribution in [0.1, 0.15) is 12.6 Å². The summed E-state index contributed by atoms with van der Waals surface area (Å²) in [5, 5.41) is 4.01. The topological polar surface area (TPSA) is 32.6 Å². The highest BCUT2D eigenvalue weighted by Crippen LogP contribution is 2.14. The minimum atomic E-state index is 0.556. The molecule has 0 aliphatic carbocycles. The molecule has 0 saturated carbocycles. The lowest BCUT2D eigenvalue weighted by atomic mass is 10.4. The summed E-state index contributed by atoms with van der Waals surface area (Å²) < 4.78 is 2.88.